The summed E-state index contributed by atoms with van der Waals surface area (Å²) in [7, 11) is 0. The molecule has 0 fully saturated rings. The van der Waals surface area contributed by atoms with Gasteiger partial charge < -0.3 is 0 Å². The van der Waals surface area contributed by atoms with Crippen molar-refractivity contribution in [1.29, 1.82) is 0 Å². The van der Waals surface area contributed by atoms with Gasteiger partial charge >= 0.3 is 0 Å². The Morgan fingerprint density at radius 2 is 2.00 bits per heavy atom. The maximum Gasteiger partial charge on any atom is 0.206 e. The third-order valence-corrected chi connectivity index (χ3v) is 3.69. The smallest absolute Gasteiger partial charge is 0.206 e. The third kappa shape index (κ3) is 2.40. The molecule has 1 heterocycles. The predicted octanol–water partition coefficient (Wildman–Crippen LogP) is 4.39. The number of carbonyl (C=O) groups excluding carboxylic acids is 1. The van der Waals surface area contributed by atoms with Crippen molar-refractivity contribution in [3.05, 3.63) is 56.0 Å². The molecule has 0 amide bonds. The molecule has 0 aliphatic carbocycles. The van der Waals surface area contributed by atoms with Crippen LogP contribution in [0.3, 0.4) is 0 Å². The number of hydrogen-bond acceptors (Lipinski definition) is 2. The molecule has 0 atom stereocenters. The van der Waals surface area contributed by atoms with E-state index in [2.05, 4.69) is 0 Å². The number of rotatable bonds is 2. The van der Waals surface area contributed by atoms with Crippen molar-refractivity contribution in [1.82, 2.24) is 0 Å². The van der Waals surface area contributed by atoms with Crippen LogP contribution in [0.4, 0.5) is 4.39 Å². The van der Waals surface area contributed by atoms with Gasteiger partial charge in [-0.05, 0) is 43.2 Å². The number of ketones is 1. The van der Waals surface area contributed by atoms with E-state index in [9.17, 15) is 9.18 Å². The lowest BCUT2D eigenvalue weighted by atomic mass is 10.0. The molecular formula is C13H10ClFOS. The van der Waals surface area contributed by atoms with Crippen LogP contribution < -0.4 is 0 Å². The van der Waals surface area contributed by atoms with E-state index in [1.807, 2.05) is 0 Å². The summed E-state index contributed by atoms with van der Waals surface area (Å²) in [6.45, 7) is 3.53. The van der Waals surface area contributed by atoms with E-state index in [0.717, 1.165) is 16.9 Å². The Balaban J connectivity index is 2.51. The Morgan fingerprint density at radius 1 is 1.29 bits per heavy atom. The lowest BCUT2D eigenvalue weighted by Crippen LogP contribution is -2.05. The Morgan fingerprint density at radius 3 is 2.53 bits per heavy atom. The molecule has 0 N–H and O–H groups in total. The largest absolute Gasteiger partial charge is 0.288 e. The summed E-state index contributed by atoms with van der Waals surface area (Å²) in [5.41, 5.74) is 1.59. The van der Waals surface area contributed by atoms with Crippen LogP contribution in [-0.4, -0.2) is 5.78 Å². The summed E-state index contributed by atoms with van der Waals surface area (Å²) in [4.78, 5) is 12.6. The molecule has 0 aliphatic rings. The van der Waals surface area contributed by atoms with Crippen LogP contribution >= 0.6 is 22.9 Å². The van der Waals surface area contributed by atoms with Crippen molar-refractivity contribution in [2.45, 2.75) is 13.8 Å². The highest BCUT2D eigenvalue weighted by molar-refractivity contribution is 7.18. The molecule has 17 heavy (non-hydrogen) atoms. The van der Waals surface area contributed by atoms with Crippen molar-refractivity contribution >= 4 is 28.7 Å². The van der Waals surface area contributed by atoms with Crippen LogP contribution in [0.2, 0.25) is 4.34 Å². The third-order valence-electron chi connectivity index (χ3n) is 2.46. The van der Waals surface area contributed by atoms with Crippen LogP contribution in [0, 0.1) is 19.7 Å². The van der Waals surface area contributed by atoms with Gasteiger partial charge in [-0.25, -0.2) is 4.39 Å². The molecule has 0 saturated heterocycles. The number of halogens is 2. The molecule has 1 aromatic heterocycles. The van der Waals surface area contributed by atoms with Gasteiger partial charge in [-0.1, -0.05) is 17.7 Å². The fourth-order valence-electron chi connectivity index (χ4n) is 1.76. The second kappa shape index (κ2) is 4.59. The standard InChI is InChI=1S/C13H10ClFOS/c1-7-5-8(2)12(9(15)6-7)13(16)10-3-4-11(14)17-10/h3-6H,1-2H3. The normalized spacial score (nSPS) is 10.6. The minimum Gasteiger partial charge on any atom is -0.288 e. The van der Waals surface area contributed by atoms with Gasteiger partial charge in [0, 0.05) is 0 Å². The van der Waals surface area contributed by atoms with E-state index in [1.165, 1.54) is 6.07 Å². The number of thiophene rings is 1. The van der Waals surface area contributed by atoms with E-state index in [4.69, 9.17) is 11.6 Å². The fourth-order valence-corrected chi connectivity index (χ4v) is 2.75. The van der Waals surface area contributed by atoms with Crippen molar-refractivity contribution in [2.75, 3.05) is 0 Å². The molecule has 88 valence electrons. The zero-order valence-corrected chi connectivity index (χ0v) is 11.0. The number of aryl methyl sites for hydroxylation is 2. The summed E-state index contributed by atoms with van der Waals surface area (Å²) in [6.07, 6.45) is 0. The highest BCUT2D eigenvalue weighted by Crippen LogP contribution is 2.26. The van der Waals surface area contributed by atoms with Crippen LogP contribution in [0.25, 0.3) is 0 Å². The lowest BCUT2D eigenvalue weighted by molar-refractivity contribution is 0.103. The van der Waals surface area contributed by atoms with Gasteiger partial charge in [-0.15, -0.1) is 11.3 Å². The van der Waals surface area contributed by atoms with Gasteiger partial charge in [0.25, 0.3) is 0 Å². The van der Waals surface area contributed by atoms with Crippen molar-refractivity contribution < 1.29 is 9.18 Å². The van der Waals surface area contributed by atoms with Gasteiger partial charge in [0.05, 0.1) is 14.8 Å². The Kier molecular flexibility index (Phi) is 3.31. The monoisotopic (exact) mass is 268 g/mol. The average Bonchev–Trinajstić information content (AvgIpc) is 2.63. The van der Waals surface area contributed by atoms with Crippen molar-refractivity contribution in [3.63, 3.8) is 0 Å². The molecule has 0 unspecified atom stereocenters. The van der Waals surface area contributed by atoms with Gasteiger partial charge in [0.1, 0.15) is 5.82 Å². The number of hydrogen-bond donors (Lipinski definition) is 0. The van der Waals surface area contributed by atoms with Crippen LogP contribution in [0.1, 0.15) is 26.4 Å². The summed E-state index contributed by atoms with van der Waals surface area (Å²) in [5, 5.41) is 0. The van der Waals surface area contributed by atoms with Gasteiger partial charge in [-0.2, -0.15) is 0 Å². The first-order chi connectivity index (χ1) is 7.99. The fraction of sp³-hybridized carbons (Fsp3) is 0.154. The molecular weight excluding hydrogens is 259 g/mol. The minimum atomic E-state index is -0.475. The van der Waals surface area contributed by atoms with E-state index in [-0.39, 0.29) is 11.3 Å². The average molecular weight is 269 g/mol. The molecule has 2 rings (SSSR count). The first-order valence-electron chi connectivity index (χ1n) is 5.06. The SMILES string of the molecule is Cc1cc(C)c(C(=O)c2ccc(Cl)s2)c(F)c1. The van der Waals surface area contributed by atoms with Gasteiger partial charge in [0.15, 0.2) is 0 Å². The molecule has 2 aromatic rings. The van der Waals surface area contributed by atoms with Crippen molar-refractivity contribution in [2.24, 2.45) is 0 Å². The quantitative estimate of drug-likeness (QED) is 0.739. The maximum atomic E-state index is 13.8. The Labute approximate surface area is 108 Å². The van der Waals surface area contributed by atoms with E-state index in [0.29, 0.717) is 14.8 Å². The highest BCUT2D eigenvalue weighted by atomic mass is 35.5. The zero-order valence-electron chi connectivity index (χ0n) is 9.38. The highest BCUT2D eigenvalue weighted by Gasteiger charge is 2.18. The number of benzene rings is 1. The second-order valence-corrected chi connectivity index (χ2v) is 5.59. The number of carbonyl (C=O) groups is 1. The molecule has 0 saturated carbocycles. The predicted molar refractivity (Wildman–Crippen MR) is 68.6 cm³/mol. The van der Waals surface area contributed by atoms with Gasteiger partial charge in [-0.3, -0.25) is 4.79 Å². The zero-order chi connectivity index (χ0) is 12.6. The Hall–Kier alpha value is -1.19. The van der Waals surface area contributed by atoms with E-state index in [1.54, 1.807) is 32.0 Å². The maximum absolute atomic E-state index is 13.8. The summed E-state index contributed by atoms with van der Waals surface area (Å²) in [6, 6.07) is 6.43. The topological polar surface area (TPSA) is 17.1 Å². The van der Waals surface area contributed by atoms with Crippen LogP contribution in [-0.2, 0) is 0 Å². The Bertz CT molecular complexity index is 566. The molecule has 0 bridgehead atoms. The van der Waals surface area contributed by atoms with Crippen LogP contribution in [0.5, 0.6) is 0 Å². The molecule has 0 spiro atoms. The minimum absolute atomic E-state index is 0.133. The van der Waals surface area contributed by atoms with Crippen LogP contribution in [0.15, 0.2) is 24.3 Å². The van der Waals surface area contributed by atoms with E-state index >= 15 is 0 Å². The lowest BCUT2D eigenvalue weighted by Gasteiger charge is -2.06. The summed E-state index contributed by atoms with van der Waals surface area (Å²) < 4.78 is 14.3. The van der Waals surface area contributed by atoms with Crippen molar-refractivity contribution in [3.8, 4) is 0 Å². The van der Waals surface area contributed by atoms with Gasteiger partial charge in [0.2, 0.25) is 5.78 Å². The molecule has 1 aromatic carbocycles. The molecule has 1 nitrogen and oxygen atoms in total. The van der Waals surface area contributed by atoms with E-state index < -0.39 is 5.82 Å². The second-order valence-electron chi connectivity index (χ2n) is 3.87. The summed E-state index contributed by atoms with van der Waals surface area (Å²) in [5.74, 6) is -0.783. The molecule has 0 aliphatic heterocycles. The molecule has 4 heteroatoms. The first-order valence-corrected chi connectivity index (χ1v) is 6.25. The summed E-state index contributed by atoms with van der Waals surface area (Å²) >= 11 is 6.93. The first kappa shape index (κ1) is 12.3. The molecule has 0 radical (unpaired) electrons.